The molecule has 3 heteroatoms. The minimum Gasteiger partial charge on any atom is -0.486 e. The molecule has 1 aliphatic rings. The van der Waals surface area contributed by atoms with Crippen molar-refractivity contribution in [3.05, 3.63) is 30.1 Å². The first kappa shape index (κ1) is 14.3. The second-order valence-electron chi connectivity index (χ2n) is 5.80. The Morgan fingerprint density at radius 3 is 2.63 bits per heavy atom. The molecule has 1 fully saturated rings. The van der Waals surface area contributed by atoms with Gasteiger partial charge in [0.1, 0.15) is 6.10 Å². The molecule has 0 radical (unpaired) electrons. The molecule has 106 valence electrons. The van der Waals surface area contributed by atoms with Crippen LogP contribution in [0.15, 0.2) is 24.3 Å². The molecule has 1 N–H and O–H groups in total. The van der Waals surface area contributed by atoms with Crippen LogP contribution in [-0.2, 0) is 0 Å². The van der Waals surface area contributed by atoms with Crippen molar-refractivity contribution in [2.75, 3.05) is 7.05 Å². The Balaban J connectivity index is 2.08. The third-order valence-corrected chi connectivity index (χ3v) is 4.26. The molecule has 0 bridgehead atoms. The van der Waals surface area contributed by atoms with E-state index in [1.54, 1.807) is 12.1 Å². The lowest BCUT2D eigenvalue weighted by molar-refractivity contribution is 0.0717. The van der Waals surface area contributed by atoms with Gasteiger partial charge in [0, 0.05) is 6.04 Å². The Hall–Kier alpha value is -1.09. The zero-order valence-electron chi connectivity index (χ0n) is 12.0. The molecule has 3 atom stereocenters. The Kier molecular flexibility index (Phi) is 4.81. The highest BCUT2D eigenvalue weighted by molar-refractivity contribution is 5.24. The molecular formula is C16H24FNO. The lowest BCUT2D eigenvalue weighted by Gasteiger charge is -2.37. The first-order chi connectivity index (χ1) is 9.11. The van der Waals surface area contributed by atoms with Gasteiger partial charge in [-0.15, -0.1) is 0 Å². The van der Waals surface area contributed by atoms with E-state index in [0.29, 0.717) is 23.6 Å². The SMILES string of the molecule is CNC1CCC(C(C)C)CC1Oc1ccccc1F. The second-order valence-corrected chi connectivity index (χ2v) is 5.80. The van der Waals surface area contributed by atoms with E-state index in [2.05, 4.69) is 19.2 Å². The van der Waals surface area contributed by atoms with Gasteiger partial charge >= 0.3 is 0 Å². The van der Waals surface area contributed by atoms with Gasteiger partial charge in [0.25, 0.3) is 0 Å². The molecular weight excluding hydrogens is 241 g/mol. The normalized spacial score (nSPS) is 27.5. The summed E-state index contributed by atoms with van der Waals surface area (Å²) in [5, 5.41) is 3.31. The third-order valence-electron chi connectivity index (χ3n) is 4.26. The zero-order chi connectivity index (χ0) is 13.8. The number of hydrogen-bond acceptors (Lipinski definition) is 2. The summed E-state index contributed by atoms with van der Waals surface area (Å²) in [4.78, 5) is 0. The van der Waals surface area contributed by atoms with Gasteiger partial charge in [-0.25, -0.2) is 4.39 Å². The fourth-order valence-corrected chi connectivity index (χ4v) is 2.93. The zero-order valence-corrected chi connectivity index (χ0v) is 12.0. The lowest BCUT2D eigenvalue weighted by Crippen LogP contribution is -2.46. The maximum Gasteiger partial charge on any atom is 0.165 e. The van der Waals surface area contributed by atoms with Crippen LogP contribution in [0, 0.1) is 17.7 Å². The largest absolute Gasteiger partial charge is 0.486 e. The summed E-state index contributed by atoms with van der Waals surface area (Å²) in [7, 11) is 1.96. The minimum absolute atomic E-state index is 0.0584. The summed E-state index contributed by atoms with van der Waals surface area (Å²) in [6.07, 6.45) is 3.37. The summed E-state index contributed by atoms with van der Waals surface area (Å²) >= 11 is 0. The average Bonchev–Trinajstić information content (AvgIpc) is 2.41. The van der Waals surface area contributed by atoms with Crippen LogP contribution in [0.1, 0.15) is 33.1 Å². The van der Waals surface area contributed by atoms with E-state index >= 15 is 0 Å². The second kappa shape index (κ2) is 6.38. The highest BCUT2D eigenvalue weighted by Crippen LogP contribution is 2.33. The monoisotopic (exact) mass is 265 g/mol. The molecule has 0 aliphatic heterocycles. The van der Waals surface area contributed by atoms with Crippen LogP contribution in [-0.4, -0.2) is 19.2 Å². The number of rotatable bonds is 4. The first-order valence-corrected chi connectivity index (χ1v) is 7.20. The van der Waals surface area contributed by atoms with Crippen molar-refractivity contribution < 1.29 is 9.13 Å². The number of halogens is 1. The lowest BCUT2D eigenvalue weighted by atomic mass is 9.78. The maximum absolute atomic E-state index is 13.7. The van der Waals surface area contributed by atoms with Crippen molar-refractivity contribution in [3.8, 4) is 5.75 Å². The Morgan fingerprint density at radius 1 is 1.26 bits per heavy atom. The minimum atomic E-state index is -0.274. The standard InChI is InChI=1S/C16H24FNO/c1-11(2)12-8-9-14(18-3)16(10-12)19-15-7-5-4-6-13(15)17/h4-7,11-12,14,16,18H,8-10H2,1-3H3. The predicted molar refractivity (Wildman–Crippen MR) is 75.8 cm³/mol. The summed E-state index contributed by atoms with van der Waals surface area (Å²) in [6, 6.07) is 6.98. The Bertz CT molecular complexity index is 407. The highest BCUT2D eigenvalue weighted by atomic mass is 19.1. The summed E-state index contributed by atoms with van der Waals surface area (Å²) in [6.45, 7) is 4.51. The summed E-state index contributed by atoms with van der Waals surface area (Å²) in [5.41, 5.74) is 0. The molecule has 2 nitrogen and oxygen atoms in total. The van der Waals surface area contributed by atoms with Crippen molar-refractivity contribution in [2.45, 2.75) is 45.3 Å². The first-order valence-electron chi connectivity index (χ1n) is 7.20. The Morgan fingerprint density at radius 2 is 2.00 bits per heavy atom. The highest BCUT2D eigenvalue weighted by Gasteiger charge is 2.32. The average molecular weight is 265 g/mol. The molecule has 0 spiro atoms. The van der Waals surface area contributed by atoms with Crippen molar-refractivity contribution in [1.29, 1.82) is 0 Å². The van der Waals surface area contributed by atoms with Crippen molar-refractivity contribution in [2.24, 2.45) is 11.8 Å². The van der Waals surface area contributed by atoms with E-state index in [0.717, 1.165) is 12.8 Å². The van der Waals surface area contributed by atoms with Crippen LogP contribution in [0.4, 0.5) is 4.39 Å². The van der Waals surface area contributed by atoms with Gasteiger partial charge in [0.15, 0.2) is 11.6 Å². The number of para-hydroxylation sites is 1. The number of likely N-dealkylation sites (N-methyl/N-ethyl adjacent to an activating group) is 1. The molecule has 0 heterocycles. The van der Waals surface area contributed by atoms with E-state index in [-0.39, 0.29) is 11.9 Å². The van der Waals surface area contributed by atoms with Gasteiger partial charge in [-0.2, -0.15) is 0 Å². The van der Waals surface area contributed by atoms with Gasteiger partial charge in [0.2, 0.25) is 0 Å². The van der Waals surface area contributed by atoms with E-state index < -0.39 is 0 Å². The van der Waals surface area contributed by atoms with Gasteiger partial charge in [-0.05, 0) is 50.3 Å². The predicted octanol–water partition coefficient (Wildman–Crippen LogP) is 3.62. The molecule has 1 aromatic carbocycles. The smallest absolute Gasteiger partial charge is 0.165 e. The molecule has 3 unspecified atom stereocenters. The Labute approximate surface area is 115 Å². The topological polar surface area (TPSA) is 21.3 Å². The molecule has 1 aliphatic carbocycles. The third kappa shape index (κ3) is 3.47. The van der Waals surface area contributed by atoms with Crippen LogP contribution in [0.2, 0.25) is 0 Å². The van der Waals surface area contributed by atoms with Crippen LogP contribution in [0.25, 0.3) is 0 Å². The molecule has 0 aromatic heterocycles. The molecule has 0 amide bonds. The van der Waals surface area contributed by atoms with Gasteiger partial charge in [-0.1, -0.05) is 26.0 Å². The number of ether oxygens (including phenoxy) is 1. The number of hydrogen-bond donors (Lipinski definition) is 1. The fourth-order valence-electron chi connectivity index (χ4n) is 2.93. The van der Waals surface area contributed by atoms with E-state index in [4.69, 9.17) is 4.74 Å². The summed E-state index contributed by atoms with van der Waals surface area (Å²) in [5.74, 6) is 1.42. The molecule has 0 saturated heterocycles. The maximum atomic E-state index is 13.7. The number of nitrogens with one attached hydrogen (secondary N) is 1. The van der Waals surface area contributed by atoms with Crippen molar-refractivity contribution in [1.82, 2.24) is 5.32 Å². The molecule has 19 heavy (non-hydrogen) atoms. The van der Waals surface area contributed by atoms with Gasteiger partial charge in [0.05, 0.1) is 0 Å². The van der Waals surface area contributed by atoms with Crippen LogP contribution < -0.4 is 10.1 Å². The van der Waals surface area contributed by atoms with Crippen molar-refractivity contribution >= 4 is 0 Å². The fraction of sp³-hybridized carbons (Fsp3) is 0.625. The van der Waals surface area contributed by atoms with Crippen molar-refractivity contribution in [3.63, 3.8) is 0 Å². The summed E-state index contributed by atoms with van der Waals surface area (Å²) < 4.78 is 19.6. The quantitative estimate of drug-likeness (QED) is 0.898. The van der Waals surface area contributed by atoms with E-state index in [1.807, 2.05) is 13.1 Å². The van der Waals surface area contributed by atoms with Crippen LogP contribution in [0.3, 0.4) is 0 Å². The number of benzene rings is 1. The van der Waals surface area contributed by atoms with E-state index in [1.165, 1.54) is 12.5 Å². The van der Waals surface area contributed by atoms with Crippen LogP contribution in [0.5, 0.6) is 5.75 Å². The van der Waals surface area contributed by atoms with Gasteiger partial charge in [-0.3, -0.25) is 0 Å². The molecule has 1 aromatic rings. The van der Waals surface area contributed by atoms with Gasteiger partial charge < -0.3 is 10.1 Å². The van der Waals surface area contributed by atoms with E-state index in [9.17, 15) is 4.39 Å². The van der Waals surface area contributed by atoms with Crippen LogP contribution >= 0.6 is 0 Å². The molecule has 2 rings (SSSR count). The molecule has 1 saturated carbocycles.